The fourth-order valence-corrected chi connectivity index (χ4v) is 4.69. The van der Waals surface area contributed by atoms with Gasteiger partial charge in [0.2, 0.25) is 10.0 Å². The fraction of sp³-hybridized carbons (Fsp3) is 0.533. The summed E-state index contributed by atoms with van der Waals surface area (Å²) in [4.78, 5) is 12.7. The third kappa shape index (κ3) is 4.45. The monoisotopic (exact) mass is 404 g/mol. The molecule has 1 aliphatic heterocycles. The first-order valence-electron chi connectivity index (χ1n) is 7.65. The summed E-state index contributed by atoms with van der Waals surface area (Å²) in [5.74, 6) is 0. The molecule has 1 atom stereocenters. The van der Waals surface area contributed by atoms with Crippen LogP contribution in [0.5, 0.6) is 0 Å². The molecule has 0 radical (unpaired) electrons. The lowest BCUT2D eigenvalue weighted by Gasteiger charge is -2.33. The number of carbonyl (C=O) groups is 1. The number of likely N-dealkylation sites (tertiary alicyclic amines) is 1. The molecule has 0 aromatic heterocycles. The maximum absolute atomic E-state index is 12.7. The number of rotatable bonds is 5. The summed E-state index contributed by atoms with van der Waals surface area (Å²) in [6.07, 6.45) is 1.72. The minimum Gasteiger partial charge on any atom is -0.465 e. The van der Waals surface area contributed by atoms with Gasteiger partial charge in [0.1, 0.15) is 0 Å². The van der Waals surface area contributed by atoms with E-state index in [9.17, 15) is 18.3 Å². The molecule has 1 heterocycles. The summed E-state index contributed by atoms with van der Waals surface area (Å²) < 4.78 is 28.8. The van der Waals surface area contributed by atoms with Crippen molar-refractivity contribution in [2.75, 3.05) is 6.54 Å². The van der Waals surface area contributed by atoms with Crippen molar-refractivity contribution in [3.05, 3.63) is 28.2 Å². The number of benzene rings is 1. The average Bonchev–Trinajstić information content (AvgIpc) is 2.47. The van der Waals surface area contributed by atoms with Gasteiger partial charge in [0, 0.05) is 11.0 Å². The van der Waals surface area contributed by atoms with Crippen LogP contribution < -0.4 is 4.72 Å². The number of carboxylic acid groups (broad SMARTS) is 1. The highest BCUT2D eigenvalue weighted by Crippen LogP contribution is 2.24. The second-order valence-corrected chi connectivity index (χ2v) is 8.21. The van der Waals surface area contributed by atoms with Crippen molar-refractivity contribution in [1.29, 1.82) is 0 Å². The molecule has 1 aliphatic rings. The van der Waals surface area contributed by atoms with Crippen LogP contribution in [0.2, 0.25) is 0 Å². The van der Waals surface area contributed by atoms with Gasteiger partial charge in [0.25, 0.3) is 0 Å². The van der Waals surface area contributed by atoms with Crippen LogP contribution in [0.4, 0.5) is 4.79 Å². The molecule has 0 aliphatic carbocycles. The summed E-state index contributed by atoms with van der Waals surface area (Å²) in [5, 5.41) is 9.24. The van der Waals surface area contributed by atoms with Crippen LogP contribution >= 0.6 is 15.9 Å². The Kier molecular flexibility index (Phi) is 6.05. The smallest absolute Gasteiger partial charge is 0.408 e. The summed E-state index contributed by atoms with van der Waals surface area (Å²) in [5.41, 5.74) is 0.729. The van der Waals surface area contributed by atoms with Crippen LogP contribution in [0.25, 0.3) is 0 Å². The van der Waals surface area contributed by atoms with E-state index in [2.05, 4.69) is 20.7 Å². The number of nitrogens with zero attached hydrogens (tertiary/aromatic N) is 1. The molecule has 128 valence electrons. The Morgan fingerprint density at radius 2 is 2.17 bits per heavy atom. The summed E-state index contributed by atoms with van der Waals surface area (Å²) >= 11 is 3.36. The van der Waals surface area contributed by atoms with Crippen molar-refractivity contribution in [2.45, 2.75) is 50.1 Å². The highest BCUT2D eigenvalue weighted by molar-refractivity contribution is 9.10. The van der Waals surface area contributed by atoms with E-state index < -0.39 is 22.3 Å². The Morgan fingerprint density at radius 1 is 1.43 bits per heavy atom. The molecule has 1 aromatic carbocycles. The molecule has 0 bridgehead atoms. The van der Waals surface area contributed by atoms with E-state index in [4.69, 9.17) is 0 Å². The Labute approximate surface area is 145 Å². The molecule has 2 N–H and O–H groups in total. The number of hydrogen-bond acceptors (Lipinski definition) is 3. The number of nitrogens with one attached hydrogen (secondary N) is 1. The second kappa shape index (κ2) is 7.63. The average molecular weight is 405 g/mol. The minimum atomic E-state index is -3.77. The van der Waals surface area contributed by atoms with Crippen LogP contribution in [0.15, 0.2) is 27.6 Å². The summed E-state index contributed by atoms with van der Waals surface area (Å²) in [7, 11) is -3.77. The van der Waals surface area contributed by atoms with Crippen molar-refractivity contribution >= 4 is 32.0 Å². The molecular weight excluding hydrogens is 384 g/mol. The molecule has 1 aromatic rings. The third-order valence-electron chi connectivity index (χ3n) is 3.87. The van der Waals surface area contributed by atoms with Crippen LogP contribution in [0.1, 0.15) is 38.2 Å². The van der Waals surface area contributed by atoms with E-state index in [-0.39, 0.29) is 4.90 Å². The molecule has 2 rings (SSSR count). The van der Waals surface area contributed by atoms with Crippen molar-refractivity contribution < 1.29 is 18.3 Å². The minimum absolute atomic E-state index is 0.221. The van der Waals surface area contributed by atoms with Gasteiger partial charge >= 0.3 is 6.09 Å². The standard InChI is InChI=1S/C15H21BrN2O4S/c1-2-5-11-10-12(16)7-8-13(11)23(21,22)17-14-6-3-4-9-18(14)15(19)20/h7-8,10,14,17H,2-6,9H2,1H3,(H,19,20). The predicted octanol–water partition coefficient (Wildman–Crippen LogP) is 3.17. The van der Waals surface area contributed by atoms with Gasteiger partial charge in [-0.25, -0.2) is 13.2 Å². The van der Waals surface area contributed by atoms with Gasteiger partial charge in [-0.1, -0.05) is 29.3 Å². The van der Waals surface area contributed by atoms with Crippen molar-refractivity contribution in [3.8, 4) is 0 Å². The van der Waals surface area contributed by atoms with Gasteiger partial charge in [-0.3, -0.25) is 4.90 Å². The molecule has 1 fully saturated rings. The molecule has 8 heteroatoms. The zero-order valence-corrected chi connectivity index (χ0v) is 15.4. The first-order valence-corrected chi connectivity index (χ1v) is 9.93. The lowest BCUT2D eigenvalue weighted by Crippen LogP contribution is -2.52. The van der Waals surface area contributed by atoms with Crippen molar-refractivity contribution in [1.82, 2.24) is 9.62 Å². The van der Waals surface area contributed by atoms with Crippen LogP contribution in [-0.2, 0) is 16.4 Å². The summed E-state index contributed by atoms with van der Waals surface area (Å²) in [6.45, 7) is 2.34. The normalized spacial score (nSPS) is 18.9. The number of aryl methyl sites for hydroxylation is 1. The highest BCUT2D eigenvalue weighted by Gasteiger charge is 2.31. The van der Waals surface area contributed by atoms with E-state index in [1.165, 1.54) is 4.90 Å². The van der Waals surface area contributed by atoms with Crippen LogP contribution in [0, 0.1) is 0 Å². The molecular formula is C15H21BrN2O4S. The van der Waals surface area contributed by atoms with E-state index in [0.29, 0.717) is 19.4 Å². The lowest BCUT2D eigenvalue weighted by atomic mass is 10.1. The lowest BCUT2D eigenvalue weighted by molar-refractivity contribution is 0.103. The van der Waals surface area contributed by atoms with Crippen LogP contribution in [-0.4, -0.2) is 37.2 Å². The Morgan fingerprint density at radius 3 is 2.83 bits per heavy atom. The number of sulfonamides is 1. The first-order chi connectivity index (χ1) is 10.8. The SMILES string of the molecule is CCCc1cc(Br)ccc1S(=O)(=O)NC1CCCCN1C(=O)O. The number of amides is 1. The topological polar surface area (TPSA) is 86.7 Å². The Bertz CT molecular complexity index is 678. The second-order valence-electron chi connectivity index (χ2n) is 5.61. The molecule has 1 unspecified atom stereocenters. The van der Waals surface area contributed by atoms with Gasteiger partial charge < -0.3 is 5.11 Å². The predicted molar refractivity (Wildman–Crippen MR) is 90.8 cm³/mol. The highest BCUT2D eigenvalue weighted by atomic mass is 79.9. The largest absolute Gasteiger partial charge is 0.465 e. The number of hydrogen-bond donors (Lipinski definition) is 2. The number of piperidine rings is 1. The Balaban J connectivity index is 2.29. The molecule has 1 amide bonds. The summed E-state index contributed by atoms with van der Waals surface area (Å²) in [6, 6.07) is 5.04. The van der Waals surface area contributed by atoms with Gasteiger partial charge in [-0.15, -0.1) is 0 Å². The van der Waals surface area contributed by atoms with Crippen LogP contribution in [0.3, 0.4) is 0 Å². The number of halogens is 1. The molecule has 1 saturated heterocycles. The van der Waals surface area contributed by atoms with E-state index in [0.717, 1.165) is 29.3 Å². The Hall–Kier alpha value is -1.12. The fourth-order valence-electron chi connectivity index (χ4n) is 2.80. The third-order valence-corrected chi connectivity index (χ3v) is 5.92. The molecule has 23 heavy (non-hydrogen) atoms. The maximum atomic E-state index is 12.7. The van der Waals surface area contributed by atoms with Crippen molar-refractivity contribution in [2.24, 2.45) is 0 Å². The zero-order valence-electron chi connectivity index (χ0n) is 13.0. The van der Waals surface area contributed by atoms with Crippen molar-refractivity contribution in [3.63, 3.8) is 0 Å². The van der Waals surface area contributed by atoms with Gasteiger partial charge in [-0.05, 0) is 49.4 Å². The maximum Gasteiger partial charge on any atom is 0.408 e. The van der Waals surface area contributed by atoms with E-state index in [1.54, 1.807) is 18.2 Å². The van der Waals surface area contributed by atoms with Gasteiger partial charge in [0.15, 0.2) is 0 Å². The quantitative estimate of drug-likeness (QED) is 0.788. The molecule has 0 spiro atoms. The molecule has 6 nitrogen and oxygen atoms in total. The zero-order chi connectivity index (χ0) is 17.0. The molecule has 0 saturated carbocycles. The van der Waals surface area contributed by atoms with Gasteiger partial charge in [0.05, 0.1) is 11.1 Å². The van der Waals surface area contributed by atoms with Gasteiger partial charge in [-0.2, -0.15) is 4.72 Å². The first kappa shape index (κ1) is 18.2. The van der Waals surface area contributed by atoms with E-state index in [1.807, 2.05) is 6.92 Å². The van der Waals surface area contributed by atoms with E-state index >= 15 is 0 Å².